The third-order valence-corrected chi connectivity index (χ3v) is 17.0. The van der Waals surface area contributed by atoms with E-state index in [2.05, 4.69) is 40.2 Å². The Morgan fingerprint density at radius 1 is 0.787 bits per heavy atom. The largest absolute Gasteiger partial charge is 0.426 e. The Balaban J connectivity index is 0.000000182. The number of nitrogens with zero attached hydrogens (tertiary/aromatic N) is 7. The molecule has 7 rings (SSSR count). The number of anilines is 1. The summed E-state index contributed by atoms with van der Waals surface area (Å²) in [5, 5.41) is 21.1. The molecule has 0 spiro atoms. The molecule has 0 radical (unpaired) electrons. The molecule has 2 fully saturated rings. The number of piperidine rings is 2. The minimum atomic E-state index is -3.68. The van der Waals surface area contributed by atoms with Crippen LogP contribution in [0.5, 0.6) is 5.75 Å². The van der Waals surface area contributed by atoms with Gasteiger partial charge in [-0.1, -0.05) is 51.7 Å². The van der Waals surface area contributed by atoms with Gasteiger partial charge < -0.3 is 24.0 Å². The maximum atomic E-state index is 13.2. The number of aryl methyl sites for hydroxylation is 2. The van der Waals surface area contributed by atoms with Crippen molar-refractivity contribution in [3.8, 4) is 5.75 Å². The molecule has 2 aliphatic rings. The van der Waals surface area contributed by atoms with Crippen LogP contribution in [0.25, 0.3) is 0 Å². The normalized spacial score (nSPS) is 15.6. The zero-order valence-corrected chi connectivity index (χ0v) is 37.9. The van der Waals surface area contributed by atoms with Crippen molar-refractivity contribution >= 4 is 60.7 Å². The monoisotopic (exact) mass is 923 g/mol. The summed E-state index contributed by atoms with van der Waals surface area (Å²) >= 11 is 12.0. The Kier molecular flexibility index (Phi) is 15.5. The van der Waals surface area contributed by atoms with Gasteiger partial charge in [-0.15, -0.1) is 0 Å². The lowest BCUT2D eigenvalue weighted by Gasteiger charge is -2.39. The summed E-state index contributed by atoms with van der Waals surface area (Å²) in [4.78, 5) is 25.5. The number of urea groups is 1. The number of halogens is 2. The van der Waals surface area contributed by atoms with Crippen molar-refractivity contribution in [3.05, 3.63) is 83.4 Å². The minimum absolute atomic E-state index is 0.0185. The predicted molar refractivity (Wildman–Crippen MR) is 227 cm³/mol. The first-order valence-corrected chi connectivity index (χ1v) is 23.2. The van der Waals surface area contributed by atoms with Crippen LogP contribution in [0.4, 0.5) is 10.6 Å². The Labute approximate surface area is 365 Å². The molecule has 2 saturated heterocycles. The SMILES string of the molecule is Cn1cc(S(=O)(=O)C(C)(C)C2CCN(C(=O)Nc3ccon3)CC2)c(Cl)n1.Cn1cc(S(=O)(=O)C(C)(C)C2CCNCC2)c(Cl)n1.O=C(Cc1ccon1)Oc1ccccc1. The van der Waals surface area contributed by atoms with E-state index in [1.54, 1.807) is 83.1 Å². The summed E-state index contributed by atoms with van der Waals surface area (Å²) in [6, 6.07) is 11.8. The molecule has 22 heteroatoms. The topological polar surface area (TPSA) is 227 Å². The molecule has 2 aliphatic heterocycles. The number of hydrogen-bond acceptors (Lipinski definition) is 14. The van der Waals surface area contributed by atoms with E-state index in [0.29, 0.717) is 43.2 Å². The number of esters is 1. The zero-order chi connectivity index (χ0) is 44.6. The highest BCUT2D eigenvalue weighted by Crippen LogP contribution is 2.40. The average Bonchev–Trinajstić information content (AvgIpc) is 4.06. The van der Waals surface area contributed by atoms with E-state index in [1.165, 1.54) is 34.3 Å². The van der Waals surface area contributed by atoms with Gasteiger partial charge >= 0.3 is 12.0 Å². The lowest BCUT2D eigenvalue weighted by Crippen LogP contribution is -2.48. The van der Waals surface area contributed by atoms with Crippen LogP contribution >= 0.6 is 23.2 Å². The van der Waals surface area contributed by atoms with Crippen molar-refractivity contribution in [2.75, 3.05) is 31.5 Å². The van der Waals surface area contributed by atoms with Crippen LogP contribution in [0.3, 0.4) is 0 Å². The summed E-state index contributed by atoms with van der Waals surface area (Å²) in [7, 11) is -3.88. The maximum Gasteiger partial charge on any atom is 0.323 e. The van der Waals surface area contributed by atoms with Gasteiger partial charge in [0.05, 0.1) is 21.6 Å². The first-order chi connectivity index (χ1) is 28.7. The third-order valence-electron chi connectivity index (χ3n) is 11.0. The van der Waals surface area contributed by atoms with Gasteiger partial charge in [0.25, 0.3) is 0 Å². The molecular formula is C39H51Cl2N9O9S2. The number of nitrogens with one attached hydrogen (secondary N) is 2. The van der Waals surface area contributed by atoms with Crippen molar-refractivity contribution in [1.29, 1.82) is 0 Å². The smallest absolute Gasteiger partial charge is 0.323 e. The lowest BCUT2D eigenvalue weighted by atomic mass is 9.86. The summed E-state index contributed by atoms with van der Waals surface area (Å²) < 4.78 is 67.3. The fraction of sp³-hybridized carbons (Fsp3) is 0.487. The van der Waals surface area contributed by atoms with E-state index in [0.717, 1.165) is 25.9 Å². The Morgan fingerprint density at radius 2 is 1.30 bits per heavy atom. The molecule has 2 N–H and O–H groups in total. The van der Waals surface area contributed by atoms with E-state index in [4.69, 9.17) is 27.9 Å². The Hall–Kier alpha value is -4.76. The number of likely N-dealkylation sites (tertiary alicyclic amines) is 1. The number of para-hydroxylation sites is 1. The summed E-state index contributed by atoms with van der Waals surface area (Å²) in [5.74, 6) is 0.544. The predicted octanol–water partition coefficient (Wildman–Crippen LogP) is 6.01. The molecule has 332 valence electrons. The van der Waals surface area contributed by atoms with Gasteiger partial charge in [-0.2, -0.15) is 10.2 Å². The molecule has 2 amide bonds. The molecule has 0 unspecified atom stereocenters. The van der Waals surface area contributed by atoms with E-state index in [1.807, 2.05) is 6.07 Å². The molecule has 5 aromatic rings. The van der Waals surface area contributed by atoms with Crippen molar-refractivity contribution in [3.63, 3.8) is 0 Å². The fourth-order valence-corrected chi connectivity index (χ4v) is 11.7. The van der Waals surface area contributed by atoms with Gasteiger partial charge in [0, 0.05) is 51.7 Å². The molecular weight excluding hydrogens is 874 g/mol. The van der Waals surface area contributed by atoms with E-state index in [9.17, 15) is 26.4 Å². The highest BCUT2D eigenvalue weighted by Gasteiger charge is 2.46. The molecule has 1 aromatic carbocycles. The second kappa shape index (κ2) is 20.0. The molecule has 0 bridgehead atoms. The van der Waals surface area contributed by atoms with Crippen LogP contribution in [0, 0.1) is 11.8 Å². The quantitative estimate of drug-likeness (QED) is 0.121. The summed E-state index contributed by atoms with van der Waals surface area (Å²) in [6.07, 6.45) is 8.69. The average molecular weight is 925 g/mol. The number of amides is 2. The molecule has 61 heavy (non-hydrogen) atoms. The van der Waals surface area contributed by atoms with Crippen LogP contribution in [0.2, 0.25) is 10.3 Å². The minimum Gasteiger partial charge on any atom is -0.426 e. The first kappa shape index (κ1) is 47.3. The van der Waals surface area contributed by atoms with E-state index in [-0.39, 0.29) is 50.4 Å². The summed E-state index contributed by atoms with van der Waals surface area (Å²) in [6.45, 7) is 9.64. The highest BCUT2D eigenvalue weighted by atomic mass is 35.5. The van der Waals surface area contributed by atoms with Crippen molar-refractivity contribution < 1.29 is 40.2 Å². The Morgan fingerprint density at radius 3 is 1.75 bits per heavy atom. The second-order valence-corrected chi connectivity index (χ2v) is 21.4. The van der Waals surface area contributed by atoms with E-state index < -0.39 is 29.2 Å². The van der Waals surface area contributed by atoms with Gasteiger partial charge in [-0.05, 0) is 90.4 Å². The van der Waals surface area contributed by atoms with Crippen LogP contribution in [0.1, 0.15) is 59.1 Å². The van der Waals surface area contributed by atoms with Gasteiger partial charge in [-0.3, -0.25) is 19.5 Å². The van der Waals surface area contributed by atoms with Gasteiger partial charge in [0.2, 0.25) is 0 Å². The second-order valence-electron chi connectivity index (χ2n) is 15.7. The van der Waals surface area contributed by atoms with Crippen molar-refractivity contribution in [2.24, 2.45) is 25.9 Å². The van der Waals surface area contributed by atoms with Gasteiger partial charge in [0.15, 0.2) is 35.8 Å². The van der Waals surface area contributed by atoms with Crippen LogP contribution in [-0.2, 0) is 45.0 Å². The Bertz CT molecular complexity index is 2420. The number of ether oxygens (including phenoxy) is 1. The number of carbonyl (C=O) groups excluding carboxylic acids is 2. The number of aromatic nitrogens is 6. The zero-order valence-electron chi connectivity index (χ0n) is 34.7. The standard InChI is InChI=1S/C16H22ClN5O4S.C12H20ClN3O2S.C11H9NO3/c1-16(2,27(24,25)12-10-21(3)19-14(12)17)11-4-7-22(8-5-11)15(23)18-13-6-9-26-20-13;1-12(2,9-4-6-14-7-5-9)19(17,18)10-8-16(3)15-11(10)13;13-11(8-9-6-7-14-12-9)15-10-4-2-1-3-5-10/h6,9-11H,4-5,7-8H2,1-3H3,(H,18,20,23);8-9,14H,4-7H2,1-3H3;1-7H,8H2. The van der Waals surface area contributed by atoms with Crippen molar-refractivity contribution in [2.45, 2.75) is 79.1 Å². The van der Waals surface area contributed by atoms with Gasteiger partial charge in [0.1, 0.15) is 28.1 Å². The third kappa shape index (κ3) is 11.4. The summed E-state index contributed by atoms with van der Waals surface area (Å²) in [5.41, 5.74) is 0.566. The molecule has 18 nitrogen and oxygen atoms in total. The van der Waals surface area contributed by atoms with Crippen LogP contribution < -0.4 is 15.4 Å². The first-order valence-electron chi connectivity index (χ1n) is 19.4. The molecule has 0 atom stereocenters. The van der Waals surface area contributed by atoms with Crippen molar-refractivity contribution in [1.82, 2.24) is 40.1 Å². The number of hydrogen-bond donors (Lipinski definition) is 2. The van der Waals surface area contributed by atoms with Crippen LogP contribution in [0.15, 0.2) is 86.2 Å². The number of rotatable bonds is 10. The lowest BCUT2D eigenvalue weighted by molar-refractivity contribution is -0.133. The number of sulfone groups is 2. The molecule has 4 aromatic heterocycles. The highest BCUT2D eigenvalue weighted by molar-refractivity contribution is 7.93. The van der Waals surface area contributed by atoms with Crippen LogP contribution in [-0.4, -0.2) is 99.3 Å². The maximum absolute atomic E-state index is 13.2. The van der Waals surface area contributed by atoms with Gasteiger partial charge in [-0.25, -0.2) is 21.6 Å². The number of carbonyl (C=O) groups is 2. The molecule has 6 heterocycles. The fourth-order valence-electron chi connectivity index (χ4n) is 7.14. The van der Waals surface area contributed by atoms with E-state index >= 15 is 0 Å². The number of benzene rings is 1. The molecule has 0 aliphatic carbocycles. The molecule has 0 saturated carbocycles.